The summed E-state index contributed by atoms with van der Waals surface area (Å²) in [6.45, 7) is 9.22. The lowest BCUT2D eigenvalue weighted by molar-refractivity contribution is -0.109. The minimum absolute atomic E-state index is 0.0502. The van der Waals surface area contributed by atoms with Crippen molar-refractivity contribution in [2.24, 2.45) is 11.8 Å². The van der Waals surface area contributed by atoms with Crippen molar-refractivity contribution in [2.45, 2.75) is 51.1 Å². The van der Waals surface area contributed by atoms with Gasteiger partial charge in [0.05, 0.1) is 11.1 Å². The molecule has 2 N–H and O–H groups in total. The van der Waals surface area contributed by atoms with E-state index in [1.165, 1.54) is 18.2 Å². The third kappa shape index (κ3) is 5.55. The summed E-state index contributed by atoms with van der Waals surface area (Å²) in [5.41, 5.74) is 0.511. The van der Waals surface area contributed by atoms with Gasteiger partial charge >= 0.3 is 6.01 Å². The van der Waals surface area contributed by atoms with Gasteiger partial charge in [-0.2, -0.15) is 4.98 Å². The molecule has 3 fully saturated rings. The number of thioether (sulfide) groups is 1. The van der Waals surface area contributed by atoms with Gasteiger partial charge in [-0.1, -0.05) is 11.8 Å². The van der Waals surface area contributed by atoms with Crippen molar-refractivity contribution in [3.05, 3.63) is 35.4 Å². The molecular formula is C23H30N6O2S2. The number of nitrogens with zero attached hydrogens (tertiary/aromatic N) is 4. The van der Waals surface area contributed by atoms with Gasteiger partial charge in [-0.05, 0) is 69.4 Å². The molecule has 0 radical (unpaired) electrons. The zero-order valence-electron chi connectivity index (χ0n) is 19.3. The van der Waals surface area contributed by atoms with Crippen LogP contribution in [0.25, 0.3) is 0 Å². The minimum Gasteiger partial charge on any atom is -0.424 e. The summed E-state index contributed by atoms with van der Waals surface area (Å²) in [6.07, 6.45) is 2.98. The van der Waals surface area contributed by atoms with E-state index in [1.807, 2.05) is 38.1 Å². The SMILES string of the molecule is CC(=N)/C=C(\S)N1CC2C[C@@H](C1)[C@@H]2Nc1nc(Oc2ccc(SC(C)=O)cc2)n(C(C)C)n1. The summed E-state index contributed by atoms with van der Waals surface area (Å²) in [5, 5.41) is 16.8. The number of nitrogens with one attached hydrogen (secondary N) is 2. The van der Waals surface area contributed by atoms with Gasteiger partial charge in [0.25, 0.3) is 0 Å². The Labute approximate surface area is 204 Å². The number of ether oxygens (including phenoxy) is 1. The van der Waals surface area contributed by atoms with Crippen LogP contribution in [0.4, 0.5) is 5.95 Å². The van der Waals surface area contributed by atoms with Gasteiger partial charge in [0, 0.05) is 36.7 Å². The third-order valence-corrected chi connectivity index (χ3v) is 7.09. The normalized spacial score (nSPS) is 22.2. The van der Waals surface area contributed by atoms with E-state index in [4.69, 9.17) is 10.1 Å². The Morgan fingerprint density at radius 3 is 2.52 bits per heavy atom. The Hall–Kier alpha value is -2.46. The largest absolute Gasteiger partial charge is 0.424 e. The average Bonchev–Trinajstić information content (AvgIpc) is 3.15. The summed E-state index contributed by atoms with van der Waals surface area (Å²) < 4.78 is 7.81. The van der Waals surface area contributed by atoms with Crippen LogP contribution >= 0.6 is 24.4 Å². The van der Waals surface area contributed by atoms with Crippen LogP contribution < -0.4 is 10.1 Å². The fourth-order valence-electron chi connectivity index (χ4n) is 4.37. The number of carbonyl (C=O) groups excluding carboxylic acids is 1. The maximum Gasteiger partial charge on any atom is 0.322 e. The van der Waals surface area contributed by atoms with Crippen molar-refractivity contribution in [3.8, 4) is 11.8 Å². The van der Waals surface area contributed by atoms with Gasteiger partial charge in [-0.3, -0.25) is 4.79 Å². The van der Waals surface area contributed by atoms with E-state index in [0.717, 1.165) is 23.0 Å². The topological polar surface area (TPSA) is 96.1 Å². The van der Waals surface area contributed by atoms with Gasteiger partial charge in [0.15, 0.2) is 5.12 Å². The first-order chi connectivity index (χ1) is 15.7. The number of rotatable bonds is 8. The number of anilines is 1. The summed E-state index contributed by atoms with van der Waals surface area (Å²) >= 11 is 5.77. The van der Waals surface area contributed by atoms with Crippen LogP contribution in [0, 0.1) is 17.2 Å². The van der Waals surface area contributed by atoms with Crippen LogP contribution in [-0.4, -0.2) is 49.6 Å². The highest BCUT2D eigenvalue weighted by atomic mass is 32.2. The first kappa shape index (κ1) is 23.7. The van der Waals surface area contributed by atoms with Crippen LogP contribution in [0.15, 0.2) is 40.3 Å². The maximum absolute atomic E-state index is 11.3. The molecule has 176 valence electrons. The van der Waals surface area contributed by atoms with Gasteiger partial charge in [0.2, 0.25) is 5.95 Å². The number of piperidine rings is 2. The second-order valence-corrected chi connectivity index (χ2v) is 10.6. The van der Waals surface area contributed by atoms with Crippen molar-refractivity contribution in [1.82, 2.24) is 19.7 Å². The number of thiol groups is 1. The monoisotopic (exact) mass is 486 g/mol. The molecule has 2 saturated heterocycles. The summed E-state index contributed by atoms with van der Waals surface area (Å²) in [5.74, 6) is 2.21. The number of carbonyl (C=O) groups is 1. The molecule has 10 heteroatoms. The first-order valence-electron chi connectivity index (χ1n) is 11.1. The smallest absolute Gasteiger partial charge is 0.322 e. The fourth-order valence-corrected chi connectivity index (χ4v) is 5.33. The maximum atomic E-state index is 11.3. The number of hydrogen-bond donors (Lipinski definition) is 3. The number of allylic oxidation sites excluding steroid dienone is 1. The molecule has 1 aromatic carbocycles. The predicted molar refractivity (Wildman–Crippen MR) is 135 cm³/mol. The van der Waals surface area contributed by atoms with E-state index in [1.54, 1.807) is 24.6 Å². The van der Waals surface area contributed by atoms with Gasteiger partial charge in [0.1, 0.15) is 5.75 Å². The predicted octanol–water partition coefficient (Wildman–Crippen LogP) is 4.83. The van der Waals surface area contributed by atoms with Crippen molar-refractivity contribution in [1.29, 1.82) is 5.41 Å². The van der Waals surface area contributed by atoms with E-state index in [0.29, 0.717) is 41.3 Å². The molecule has 2 aliphatic heterocycles. The fraction of sp³-hybridized carbons (Fsp3) is 0.478. The highest BCUT2D eigenvalue weighted by Gasteiger charge is 2.47. The van der Waals surface area contributed by atoms with E-state index < -0.39 is 0 Å². The Kier molecular flexibility index (Phi) is 7.04. The van der Waals surface area contributed by atoms with Crippen molar-refractivity contribution in [3.63, 3.8) is 0 Å². The van der Waals surface area contributed by atoms with Crippen LogP contribution in [-0.2, 0) is 4.79 Å². The lowest BCUT2D eigenvalue weighted by Crippen LogP contribution is -2.60. The zero-order chi connectivity index (χ0) is 23.7. The van der Waals surface area contributed by atoms with Crippen LogP contribution in [0.5, 0.6) is 11.8 Å². The van der Waals surface area contributed by atoms with Crippen molar-refractivity contribution < 1.29 is 9.53 Å². The first-order valence-corrected chi connectivity index (χ1v) is 12.4. The second kappa shape index (κ2) is 9.80. The number of hydrogen-bond acceptors (Lipinski definition) is 9. The molecule has 0 spiro atoms. The number of benzene rings is 1. The molecule has 1 unspecified atom stereocenters. The molecule has 8 nitrogen and oxygen atoms in total. The highest BCUT2D eigenvalue weighted by molar-refractivity contribution is 8.13. The number of aromatic nitrogens is 3. The molecule has 3 heterocycles. The molecule has 1 aliphatic carbocycles. The molecule has 5 rings (SSSR count). The Bertz CT molecular complexity index is 1050. The lowest BCUT2D eigenvalue weighted by Gasteiger charge is -2.54. The lowest BCUT2D eigenvalue weighted by atomic mass is 9.66. The molecule has 3 atom stereocenters. The van der Waals surface area contributed by atoms with Gasteiger partial charge in [-0.25, -0.2) is 4.68 Å². The molecule has 33 heavy (non-hydrogen) atoms. The molecule has 0 amide bonds. The van der Waals surface area contributed by atoms with Gasteiger partial charge < -0.3 is 20.4 Å². The zero-order valence-corrected chi connectivity index (χ0v) is 21.0. The molecular weight excluding hydrogens is 456 g/mol. The van der Waals surface area contributed by atoms with Crippen molar-refractivity contribution in [2.75, 3.05) is 18.4 Å². The summed E-state index contributed by atoms with van der Waals surface area (Å²) in [6, 6.07) is 8.25. The molecule has 3 aliphatic rings. The van der Waals surface area contributed by atoms with Crippen LogP contribution in [0.1, 0.15) is 40.2 Å². The summed E-state index contributed by atoms with van der Waals surface area (Å²) in [4.78, 5) is 19.0. The summed E-state index contributed by atoms with van der Waals surface area (Å²) in [7, 11) is 0. The molecule has 2 aromatic rings. The highest BCUT2D eigenvalue weighted by Crippen LogP contribution is 2.43. The van der Waals surface area contributed by atoms with Crippen LogP contribution in [0.2, 0.25) is 0 Å². The van der Waals surface area contributed by atoms with Crippen LogP contribution in [0.3, 0.4) is 0 Å². The second-order valence-electron chi connectivity index (χ2n) is 8.94. The van der Waals surface area contributed by atoms with E-state index in [9.17, 15) is 4.79 Å². The molecule has 2 bridgehead atoms. The average molecular weight is 487 g/mol. The number of fused-ring (bicyclic) bond motifs is 2. The quantitative estimate of drug-likeness (QED) is 0.279. The van der Waals surface area contributed by atoms with E-state index in [2.05, 4.69) is 32.9 Å². The van der Waals surface area contributed by atoms with Gasteiger partial charge in [-0.15, -0.1) is 17.7 Å². The Morgan fingerprint density at radius 1 is 1.27 bits per heavy atom. The standard InChI is InChI=1S/C23H30N6O2S2/c1-13(2)29-23(31-18-5-7-19(8-6-18)33-15(4)30)26-22(27-29)25-21-16-10-17(21)12-28(11-16)20(32)9-14(3)24/h5-9,13,16-17,21,24,32H,10-12H2,1-4H3,(H,25,27)/b20-9-,24-14?/t16-,17?,21-/m0/s1. The third-order valence-electron chi connectivity index (χ3n) is 5.88. The van der Waals surface area contributed by atoms with Crippen molar-refractivity contribution >= 4 is 41.2 Å². The Balaban J connectivity index is 1.43. The van der Waals surface area contributed by atoms with E-state index >= 15 is 0 Å². The molecule has 1 aromatic heterocycles. The Morgan fingerprint density at radius 2 is 1.94 bits per heavy atom. The minimum atomic E-state index is 0.0502. The van der Waals surface area contributed by atoms with E-state index in [-0.39, 0.29) is 11.2 Å². The molecule has 1 saturated carbocycles.